The maximum absolute atomic E-state index is 13.2. The standard InChI is InChI=1S/C19H21FN2O5S/c1-3-10-28(25,26)22-17-9-4-6-14(11-17)19(24)27-13(2)18(23)21-16-8-5-7-15(20)12-16/h4-9,11-13,22H,3,10H2,1-2H3,(H,21,23). The summed E-state index contributed by atoms with van der Waals surface area (Å²) in [5.74, 6) is -1.97. The molecule has 0 saturated heterocycles. The van der Waals surface area contributed by atoms with Crippen LogP contribution in [0.15, 0.2) is 48.5 Å². The molecule has 2 N–H and O–H groups in total. The number of anilines is 2. The van der Waals surface area contributed by atoms with Crippen LogP contribution < -0.4 is 10.0 Å². The van der Waals surface area contributed by atoms with Crippen LogP contribution in [-0.4, -0.2) is 32.2 Å². The molecular weight excluding hydrogens is 387 g/mol. The summed E-state index contributed by atoms with van der Waals surface area (Å²) in [5, 5.41) is 2.45. The third kappa shape index (κ3) is 6.34. The minimum absolute atomic E-state index is 0.0427. The molecule has 7 nitrogen and oxygen atoms in total. The van der Waals surface area contributed by atoms with Crippen LogP contribution in [0.5, 0.6) is 0 Å². The normalized spacial score (nSPS) is 12.1. The number of halogens is 1. The van der Waals surface area contributed by atoms with Gasteiger partial charge in [0.05, 0.1) is 11.3 Å². The van der Waals surface area contributed by atoms with Crippen LogP contribution in [0.4, 0.5) is 15.8 Å². The minimum Gasteiger partial charge on any atom is -0.449 e. The average Bonchev–Trinajstić information content (AvgIpc) is 2.61. The van der Waals surface area contributed by atoms with Gasteiger partial charge in [-0.2, -0.15) is 0 Å². The Hall–Kier alpha value is -2.94. The molecule has 1 amide bonds. The molecule has 1 atom stereocenters. The van der Waals surface area contributed by atoms with Crippen molar-refractivity contribution in [1.82, 2.24) is 0 Å². The number of nitrogens with one attached hydrogen (secondary N) is 2. The first kappa shape index (κ1) is 21.4. The first-order chi connectivity index (χ1) is 13.2. The van der Waals surface area contributed by atoms with E-state index in [0.29, 0.717) is 6.42 Å². The molecule has 28 heavy (non-hydrogen) atoms. The predicted octanol–water partition coefficient (Wildman–Crippen LogP) is 3.16. The number of hydrogen-bond donors (Lipinski definition) is 2. The fourth-order valence-electron chi connectivity index (χ4n) is 2.30. The number of hydrogen-bond acceptors (Lipinski definition) is 5. The highest BCUT2D eigenvalue weighted by molar-refractivity contribution is 7.92. The van der Waals surface area contributed by atoms with Crippen molar-refractivity contribution in [2.24, 2.45) is 0 Å². The Balaban J connectivity index is 2.01. The van der Waals surface area contributed by atoms with Crippen molar-refractivity contribution in [3.63, 3.8) is 0 Å². The second-order valence-corrected chi connectivity index (χ2v) is 7.89. The third-order valence-corrected chi connectivity index (χ3v) is 5.08. The molecule has 150 valence electrons. The summed E-state index contributed by atoms with van der Waals surface area (Å²) in [6, 6.07) is 11.1. The van der Waals surface area contributed by atoms with E-state index in [0.717, 1.165) is 6.07 Å². The van der Waals surface area contributed by atoms with Crippen LogP contribution in [0.2, 0.25) is 0 Å². The third-order valence-electron chi connectivity index (χ3n) is 3.59. The summed E-state index contributed by atoms with van der Waals surface area (Å²) in [6.45, 7) is 3.11. The second kappa shape index (κ2) is 9.32. The van der Waals surface area contributed by atoms with Gasteiger partial charge in [-0.25, -0.2) is 17.6 Å². The fourth-order valence-corrected chi connectivity index (χ4v) is 3.43. The Kier molecular flexibility index (Phi) is 7.11. The summed E-state index contributed by atoms with van der Waals surface area (Å²) in [7, 11) is -3.50. The molecule has 0 radical (unpaired) electrons. The van der Waals surface area contributed by atoms with Crippen LogP contribution in [0.25, 0.3) is 0 Å². The van der Waals surface area contributed by atoms with Crippen LogP contribution >= 0.6 is 0 Å². The highest BCUT2D eigenvalue weighted by Crippen LogP contribution is 2.15. The van der Waals surface area contributed by atoms with Crippen molar-refractivity contribution < 1.29 is 27.1 Å². The van der Waals surface area contributed by atoms with Gasteiger partial charge in [-0.15, -0.1) is 0 Å². The molecule has 9 heteroatoms. The van der Waals surface area contributed by atoms with E-state index in [1.807, 2.05) is 0 Å². The first-order valence-electron chi connectivity index (χ1n) is 8.58. The molecule has 0 heterocycles. The molecule has 0 bridgehead atoms. The molecule has 2 rings (SSSR count). The zero-order chi connectivity index (χ0) is 20.7. The second-order valence-electron chi connectivity index (χ2n) is 6.05. The molecule has 0 aliphatic carbocycles. The zero-order valence-corrected chi connectivity index (χ0v) is 16.3. The smallest absolute Gasteiger partial charge is 0.338 e. The van der Waals surface area contributed by atoms with E-state index >= 15 is 0 Å². The van der Waals surface area contributed by atoms with Crippen molar-refractivity contribution in [3.05, 3.63) is 59.9 Å². The molecule has 0 saturated carbocycles. The molecule has 2 aromatic rings. The zero-order valence-electron chi connectivity index (χ0n) is 15.4. The van der Waals surface area contributed by atoms with Gasteiger partial charge in [-0.1, -0.05) is 19.1 Å². The van der Waals surface area contributed by atoms with Crippen LogP contribution in [0.3, 0.4) is 0 Å². The van der Waals surface area contributed by atoms with Crippen molar-refractivity contribution in [1.29, 1.82) is 0 Å². The Morgan fingerprint density at radius 2 is 1.79 bits per heavy atom. The first-order valence-corrected chi connectivity index (χ1v) is 10.2. The van der Waals surface area contributed by atoms with Crippen molar-refractivity contribution in [2.45, 2.75) is 26.4 Å². The number of carbonyl (C=O) groups is 2. The minimum atomic E-state index is -3.50. The van der Waals surface area contributed by atoms with E-state index < -0.39 is 33.8 Å². The van der Waals surface area contributed by atoms with Gasteiger partial charge in [0.2, 0.25) is 10.0 Å². The van der Waals surface area contributed by atoms with E-state index in [1.54, 1.807) is 6.92 Å². The van der Waals surface area contributed by atoms with Crippen LogP contribution in [0.1, 0.15) is 30.6 Å². The SMILES string of the molecule is CCCS(=O)(=O)Nc1cccc(C(=O)OC(C)C(=O)Nc2cccc(F)c2)c1. The average molecular weight is 408 g/mol. The topological polar surface area (TPSA) is 102 Å². The Morgan fingerprint density at radius 1 is 1.11 bits per heavy atom. The molecule has 0 fully saturated rings. The molecule has 0 aliphatic rings. The summed E-state index contributed by atoms with van der Waals surface area (Å²) in [5.41, 5.74) is 0.544. The Morgan fingerprint density at radius 3 is 2.46 bits per heavy atom. The quantitative estimate of drug-likeness (QED) is 0.654. The summed E-state index contributed by atoms with van der Waals surface area (Å²) < 4.78 is 44.3. The van der Waals surface area contributed by atoms with E-state index in [9.17, 15) is 22.4 Å². The van der Waals surface area contributed by atoms with Gasteiger partial charge in [0.25, 0.3) is 5.91 Å². The lowest BCUT2D eigenvalue weighted by Gasteiger charge is -2.14. The van der Waals surface area contributed by atoms with Crippen molar-refractivity contribution in [3.8, 4) is 0 Å². The summed E-state index contributed by atoms with van der Waals surface area (Å²) in [4.78, 5) is 24.4. The van der Waals surface area contributed by atoms with Gasteiger partial charge >= 0.3 is 5.97 Å². The van der Waals surface area contributed by atoms with Gasteiger partial charge in [-0.3, -0.25) is 9.52 Å². The highest BCUT2D eigenvalue weighted by atomic mass is 32.2. The Labute approximate surface area is 163 Å². The largest absolute Gasteiger partial charge is 0.449 e. The van der Waals surface area contributed by atoms with Gasteiger partial charge in [0.1, 0.15) is 5.82 Å². The van der Waals surface area contributed by atoms with E-state index in [4.69, 9.17) is 4.74 Å². The lowest BCUT2D eigenvalue weighted by Crippen LogP contribution is -2.30. The molecule has 0 spiro atoms. The molecule has 2 aromatic carbocycles. The monoisotopic (exact) mass is 408 g/mol. The van der Waals surface area contributed by atoms with Crippen molar-refractivity contribution >= 4 is 33.3 Å². The number of esters is 1. The maximum Gasteiger partial charge on any atom is 0.338 e. The number of ether oxygens (including phenoxy) is 1. The molecule has 0 aliphatic heterocycles. The predicted molar refractivity (Wildman–Crippen MR) is 104 cm³/mol. The fraction of sp³-hybridized carbons (Fsp3) is 0.263. The molecule has 0 aromatic heterocycles. The lowest BCUT2D eigenvalue weighted by molar-refractivity contribution is -0.123. The number of sulfonamides is 1. The number of amides is 1. The Bertz CT molecular complexity index is 962. The maximum atomic E-state index is 13.2. The lowest BCUT2D eigenvalue weighted by atomic mass is 10.2. The van der Waals surface area contributed by atoms with Gasteiger partial charge in [-0.05, 0) is 49.7 Å². The summed E-state index contributed by atoms with van der Waals surface area (Å²) in [6.07, 6.45) is -0.689. The molecule has 1 unspecified atom stereocenters. The number of benzene rings is 2. The highest BCUT2D eigenvalue weighted by Gasteiger charge is 2.20. The summed E-state index contributed by atoms with van der Waals surface area (Å²) >= 11 is 0. The number of rotatable bonds is 8. The van der Waals surface area contributed by atoms with Crippen LogP contribution in [-0.2, 0) is 19.6 Å². The molecular formula is C19H21FN2O5S. The van der Waals surface area contributed by atoms with Gasteiger partial charge < -0.3 is 10.1 Å². The van der Waals surface area contributed by atoms with Gasteiger partial charge in [0.15, 0.2) is 6.10 Å². The van der Waals surface area contributed by atoms with Crippen molar-refractivity contribution in [2.75, 3.05) is 15.8 Å². The number of carbonyl (C=O) groups excluding carboxylic acids is 2. The van der Waals surface area contributed by atoms with E-state index in [1.165, 1.54) is 49.4 Å². The van der Waals surface area contributed by atoms with Gasteiger partial charge in [0, 0.05) is 11.4 Å². The van der Waals surface area contributed by atoms with Crippen LogP contribution in [0, 0.1) is 5.82 Å². The van der Waals surface area contributed by atoms with E-state index in [-0.39, 0.29) is 22.7 Å². The van der Waals surface area contributed by atoms with E-state index in [2.05, 4.69) is 10.0 Å².